The number of hydrogen-bond donors (Lipinski definition) is 1. The minimum Gasteiger partial charge on any atom is -0.497 e. The van der Waals surface area contributed by atoms with Gasteiger partial charge in [-0.05, 0) is 48.5 Å². The van der Waals surface area contributed by atoms with E-state index in [0.717, 1.165) is 5.75 Å². The predicted octanol–water partition coefficient (Wildman–Crippen LogP) is 2.86. The van der Waals surface area contributed by atoms with Gasteiger partial charge in [-0.25, -0.2) is 0 Å². The van der Waals surface area contributed by atoms with Crippen LogP contribution >= 0.6 is 11.6 Å². The summed E-state index contributed by atoms with van der Waals surface area (Å²) >= 11 is 5.81. The molecule has 0 aromatic heterocycles. The third-order valence-corrected chi connectivity index (χ3v) is 3.68. The van der Waals surface area contributed by atoms with Crippen LogP contribution in [0, 0.1) is 0 Å². The van der Waals surface area contributed by atoms with Gasteiger partial charge in [0.15, 0.2) is 0 Å². The van der Waals surface area contributed by atoms with Crippen molar-refractivity contribution in [2.45, 2.75) is 6.10 Å². The number of ether oxygens (including phenoxy) is 2. The summed E-state index contributed by atoms with van der Waals surface area (Å²) in [5, 5.41) is 10.6. The van der Waals surface area contributed by atoms with Crippen LogP contribution in [0.25, 0.3) is 0 Å². The van der Waals surface area contributed by atoms with E-state index in [-0.39, 0.29) is 19.1 Å². The van der Waals surface area contributed by atoms with Gasteiger partial charge in [0.1, 0.15) is 24.2 Å². The van der Waals surface area contributed by atoms with E-state index in [9.17, 15) is 9.90 Å². The Hall–Kier alpha value is -2.24. The van der Waals surface area contributed by atoms with Gasteiger partial charge in [0.25, 0.3) is 5.91 Å². The van der Waals surface area contributed by atoms with Crippen molar-refractivity contribution in [3.63, 3.8) is 0 Å². The second-order valence-corrected chi connectivity index (χ2v) is 5.77. The van der Waals surface area contributed by atoms with Gasteiger partial charge in [-0.1, -0.05) is 11.6 Å². The molecule has 1 atom stereocenters. The lowest BCUT2D eigenvalue weighted by atomic mass is 10.2. The van der Waals surface area contributed by atoms with Crippen LogP contribution in [0.2, 0.25) is 5.02 Å². The molecule has 1 N–H and O–H groups in total. The van der Waals surface area contributed by atoms with Crippen LogP contribution in [0.3, 0.4) is 0 Å². The highest BCUT2D eigenvalue weighted by atomic mass is 35.5. The standard InChI is InChI=1S/C18H20ClNO4/c1-20(18(22)13-3-5-14(19)6-4-13)11-15(21)12-24-17-9-7-16(23-2)8-10-17/h3-10,15,21H,11-12H2,1-2H3/t15-/m0/s1. The van der Waals surface area contributed by atoms with Crippen molar-refractivity contribution in [2.24, 2.45) is 0 Å². The fourth-order valence-corrected chi connectivity index (χ4v) is 2.25. The van der Waals surface area contributed by atoms with E-state index in [1.165, 1.54) is 4.90 Å². The summed E-state index contributed by atoms with van der Waals surface area (Å²) in [7, 11) is 3.22. The van der Waals surface area contributed by atoms with Crippen LogP contribution in [0.1, 0.15) is 10.4 Å². The zero-order valence-electron chi connectivity index (χ0n) is 13.6. The van der Waals surface area contributed by atoms with Gasteiger partial charge < -0.3 is 19.5 Å². The number of benzene rings is 2. The SMILES string of the molecule is COc1ccc(OC[C@@H](O)CN(C)C(=O)c2ccc(Cl)cc2)cc1. The third-order valence-electron chi connectivity index (χ3n) is 3.42. The Kier molecular flexibility index (Phi) is 6.46. The minimum atomic E-state index is -0.798. The van der Waals surface area contributed by atoms with Crippen molar-refractivity contribution >= 4 is 17.5 Å². The van der Waals surface area contributed by atoms with Crippen molar-refractivity contribution < 1.29 is 19.4 Å². The number of methoxy groups -OCH3 is 1. The molecule has 0 aliphatic carbocycles. The number of halogens is 1. The van der Waals surface area contributed by atoms with E-state index in [4.69, 9.17) is 21.1 Å². The molecular formula is C18H20ClNO4. The Labute approximate surface area is 146 Å². The predicted molar refractivity (Wildman–Crippen MR) is 92.9 cm³/mol. The van der Waals surface area contributed by atoms with E-state index >= 15 is 0 Å². The van der Waals surface area contributed by atoms with Crippen molar-refractivity contribution in [3.8, 4) is 11.5 Å². The maximum absolute atomic E-state index is 12.3. The van der Waals surface area contributed by atoms with Crippen LogP contribution in [0.5, 0.6) is 11.5 Å². The number of amides is 1. The second kappa shape index (κ2) is 8.57. The van der Waals surface area contributed by atoms with Gasteiger partial charge in [-0.3, -0.25) is 4.79 Å². The van der Waals surface area contributed by atoms with E-state index in [2.05, 4.69) is 0 Å². The number of carbonyl (C=O) groups excluding carboxylic acids is 1. The van der Waals surface area contributed by atoms with Gasteiger partial charge in [-0.2, -0.15) is 0 Å². The number of rotatable bonds is 7. The van der Waals surface area contributed by atoms with Crippen LogP contribution in [-0.4, -0.2) is 49.3 Å². The zero-order chi connectivity index (χ0) is 17.5. The largest absolute Gasteiger partial charge is 0.497 e. The average Bonchev–Trinajstić information content (AvgIpc) is 2.60. The normalized spacial score (nSPS) is 11.7. The van der Waals surface area contributed by atoms with E-state index < -0.39 is 6.10 Å². The van der Waals surface area contributed by atoms with Crippen molar-refractivity contribution in [3.05, 3.63) is 59.1 Å². The van der Waals surface area contributed by atoms with Gasteiger partial charge in [0.05, 0.1) is 7.11 Å². The molecule has 0 radical (unpaired) electrons. The summed E-state index contributed by atoms with van der Waals surface area (Å²) in [6.45, 7) is 0.252. The molecule has 0 fully saturated rings. The summed E-state index contributed by atoms with van der Waals surface area (Å²) < 4.78 is 10.6. The molecule has 0 bridgehead atoms. The molecule has 128 valence electrons. The molecule has 5 nitrogen and oxygen atoms in total. The van der Waals surface area contributed by atoms with Crippen LogP contribution < -0.4 is 9.47 Å². The van der Waals surface area contributed by atoms with Gasteiger partial charge in [0.2, 0.25) is 0 Å². The molecule has 2 aromatic carbocycles. The fourth-order valence-electron chi connectivity index (χ4n) is 2.13. The molecule has 2 aromatic rings. The number of likely N-dealkylation sites (N-methyl/N-ethyl adjacent to an activating group) is 1. The maximum Gasteiger partial charge on any atom is 0.253 e. The minimum absolute atomic E-state index is 0.0879. The Balaban J connectivity index is 1.83. The number of aliphatic hydroxyl groups is 1. The second-order valence-electron chi connectivity index (χ2n) is 5.33. The highest BCUT2D eigenvalue weighted by molar-refractivity contribution is 6.30. The molecule has 0 spiro atoms. The monoisotopic (exact) mass is 349 g/mol. The van der Waals surface area contributed by atoms with Crippen LogP contribution in [0.4, 0.5) is 0 Å². The highest BCUT2D eigenvalue weighted by Crippen LogP contribution is 2.17. The summed E-state index contributed by atoms with van der Waals surface area (Å²) in [5.41, 5.74) is 0.519. The molecular weight excluding hydrogens is 330 g/mol. The lowest BCUT2D eigenvalue weighted by molar-refractivity contribution is 0.0563. The van der Waals surface area contributed by atoms with Crippen LogP contribution in [-0.2, 0) is 0 Å². The molecule has 0 aliphatic rings. The van der Waals surface area contributed by atoms with Crippen LogP contribution in [0.15, 0.2) is 48.5 Å². The molecule has 0 saturated carbocycles. The number of carbonyl (C=O) groups is 1. The van der Waals surface area contributed by atoms with Crippen molar-refractivity contribution in [2.75, 3.05) is 27.3 Å². The molecule has 0 aliphatic heterocycles. The molecule has 0 saturated heterocycles. The molecule has 0 unspecified atom stereocenters. The van der Waals surface area contributed by atoms with Crippen molar-refractivity contribution in [1.82, 2.24) is 4.90 Å². The van der Waals surface area contributed by atoms with Gasteiger partial charge in [0, 0.05) is 24.2 Å². The fraction of sp³-hybridized carbons (Fsp3) is 0.278. The molecule has 6 heteroatoms. The Morgan fingerprint density at radius 3 is 2.29 bits per heavy atom. The molecule has 2 rings (SSSR count). The Bertz CT molecular complexity index is 658. The first-order valence-corrected chi connectivity index (χ1v) is 7.83. The Morgan fingerprint density at radius 2 is 1.71 bits per heavy atom. The van der Waals surface area contributed by atoms with Gasteiger partial charge >= 0.3 is 0 Å². The Morgan fingerprint density at radius 1 is 1.12 bits per heavy atom. The summed E-state index contributed by atoms with van der Waals surface area (Å²) in [6, 6.07) is 13.7. The summed E-state index contributed by atoms with van der Waals surface area (Å²) in [4.78, 5) is 13.7. The number of nitrogens with zero attached hydrogens (tertiary/aromatic N) is 1. The zero-order valence-corrected chi connectivity index (χ0v) is 14.4. The first kappa shape index (κ1) is 18.1. The summed E-state index contributed by atoms with van der Waals surface area (Å²) in [5.74, 6) is 1.17. The van der Waals surface area contributed by atoms with E-state index in [1.807, 2.05) is 0 Å². The molecule has 24 heavy (non-hydrogen) atoms. The van der Waals surface area contributed by atoms with Crippen molar-refractivity contribution in [1.29, 1.82) is 0 Å². The number of hydrogen-bond acceptors (Lipinski definition) is 4. The smallest absolute Gasteiger partial charge is 0.253 e. The first-order valence-electron chi connectivity index (χ1n) is 7.45. The lowest BCUT2D eigenvalue weighted by Crippen LogP contribution is -2.37. The number of aliphatic hydroxyl groups excluding tert-OH is 1. The lowest BCUT2D eigenvalue weighted by Gasteiger charge is -2.21. The quantitative estimate of drug-likeness (QED) is 0.835. The summed E-state index contributed by atoms with van der Waals surface area (Å²) in [6.07, 6.45) is -0.798. The van der Waals surface area contributed by atoms with Gasteiger partial charge in [-0.15, -0.1) is 0 Å². The third kappa shape index (κ3) is 5.15. The first-order chi connectivity index (χ1) is 11.5. The molecule has 1 amide bonds. The van der Waals surface area contributed by atoms with E-state index in [1.54, 1.807) is 62.7 Å². The average molecular weight is 350 g/mol. The molecule has 0 heterocycles. The van der Waals surface area contributed by atoms with E-state index in [0.29, 0.717) is 16.3 Å². The maximum atomic E-state index is 12.3. The topological polar surface area (TPSA) is 59.0 Å². The highest BCUT2D eigenvalue weighted by Gasteiger charge is 2.16.